The van der Waals surface area contributed by atoms with Crippen LogP contribution in [0.2, 0.25) is 10.0 Å². The van der Waals surface area contributed by atoms with Crippen LogP contribution in [-0.2, 0) is 16.1 Å². The lowest BCUT2D eigenvalue weighted by Gasteiger charge is -2.23. The molecule has 0 aliphatic carbocycles. The Hall–Kier alpha value is -2.70. The number of rotatable bonds is 7. The molecule has 0 bridgehead atoms. The number of halogens is 2. The highest BCUT2D eigenvalue weighted by Crippen LogP contribution is 2.21. The minimum absolute atomic E-state index is 0.0868. The Labute approximate surface area is 183 Å². The molecule has 3 N–H and O–H groups in total. The topological polar surface area (TPSA) is 118 Å². The highest BCUT2D eigenvalue weighted by atomic mass is 35.5. The Bertz CT molecular complexity index is 1100. The summed E-state index contributed by atoms with van der Waals surface area (Å²) in [5, 5.41) is 21.3. The van der Waals surface area contributed by atoms with Gasteiger partial charge in [-0.15, -0.1) is 10.2 Å². The third kappa shape index (κ3) is 5.26. The maximum absolute atomic E-state index is 12.5. The van der Waals surface area contributed by atoms with Crippen LogP contribution in [0, 0.1) is 11.3 Å². The average Bonchev–Trinajstić information content (AvgIpc) is 3.08. The summed E-state index contributed by atoms with van der Waals surface area (Å²) in [4.78, 5) is 12.5. The molecule has 3 rings (SSSR count). The molecule has 1 atom stereocenters. The number of carbonyl (C=O) groups excluding carboxylic acids is 1. The van der Waals surface area contributed by atoms with Crippen LogP contribution in [0.5, 0.6) is 0 Å². The van der Waals surface area contributed by atoms with E-state index in [9.17, 15) is 10.1 Å². The van der Waals surface area contributed by atoms with Crippen molar-refractivity contribution in [2.24, 2.45) is 5.73 Å². The summed E-state index contributed by atoms with van der Waals surface area (Å²) in [5.41, 5.74) is 6.58. The Morgan fingerprint density at radius 2 is 2.00 bits per heavy atom. The van der Waals surface area contributed by atoms with Crippen molar-refractivity contribution >= 4 is 34.8 Å². The van der Waals surface area contributed by atoms with Crippen molar-refractivity contribution in [1.29, 1.82) is 5.26 Å². The maximum Gasteiger partial charge on any atom is 0.240 e. The SMILES string of the molecule is CC(C)(N)C(=O)N[C@H](COCc1cc(Cl)cc(Cl)c1)c1nnc2ccc(C#N)cn12. The fourth-order valence-electron chi connectivity index (χ4n) is 2.73. The first-order valence-electron chi connectivity index (χ1n) is 9.04. The Kier molecular flexibility index (Phi) is 6.58. The summed E-state index contributed by atoms with van der Waals surface area (Å²) in [5.74, 6) is 0.0407. The van der Waals surface area contributed by atoms with Crippen molar-refractivity contribution in [1.82, 2.24) is 19.9 Å². The Morgan fingerprint density at radius 3 is 2.63 bits per heavy atom. The highest BCUT2D eigenvalue weighted by molar-refractivity contribution is 6.34. The largest absolute Gasteiger partial charge is 0.374 e. The number of ether oxygens (including phenoxy) is 1. The molecule has 0 fully saturated rings. The second-order valence-corrected chi connectivity index (χ2v) is 8.23. The summed E-state index contributed by atoms with van der Waals surface area (Å²) in [6.45, 7) is 3.51. The molecule has 0 aliphatic rings. The Morgan fingerprint density at radius 1 is 1.30 bits per heavy atom. The number of hydrogen-bond acceptors (Lipinski definition) is 6. The van der Waals surface area contributed by atoms with E-state index in [2.05, 4.69) is 21.6 Å². The van der Waals surface area contributed by atoms with Gasteiger partial charge in [-0.2, -0.15) is 5.26 Å². The van der Waals surface area contributed by atoms with Crippen LogP contribution in [0.25, 0.3) is 5.65 Å². The minimum atomic E-state index is -1.10. The third-order valence-corrected chi connectivity index (χ3v) is 4.67. The van der Waals surface area contributed by atoms with Gasteiger partial charge in [-0.3, -0.25) is 9.20 Å². The molecule has 0 unspecified atom stereocenters. The van der Waals surface area contributed by atoms with E-state index in [0.717, 1.165) is 5.56 Å². The summed E-state index contributed by atoms with van der Waals surface area (Å²) >= 11 is 12.1. The van der Waals surface area contributed by atoms with E-state index in [1.54, 1.807) is 54.8 Å². The summed E-state index contributed by atoms with van der Waals surface area (Å²) < 4.78 is 7.46. The van der Waals surface area contributed by atoms with Crippen LogP contribution in [0.1, 0.15) is 36.8 Å². The summed E-state index contributed by atoms with van der Waals surface area (Å²) in [7, 11) is 0. The van der Waals surface area contributed by atoms with Crippen molar-refractivity contribution in [3.63, 3.8) is 0 Å². The minimum Gasteiger partial charge on any atom is -0.374 e. The first-order chi connectivity index (χ1) is 14.2. The van der Waals surface area contributed by atoms with Gasteiger partial charge in [-0.05, 0) is 49.7 Å². The molecule has 0 spiro atoms. The van der Waals surface area contributed by atoms with Crippen molar-refractivity contribution < 1.29 is 9.53 Å². The molecule has 0 saturated carbocycles. The van der Waals surface area contributed by atoms with Crippen LogP contribution in [-0.4, -0.2) is 32.7 Å². The second kappa shape index (κ2) is 8.98. The molecule has 1 amide bonds. The number of nitrogens with two attached hydrogens (primary N) is 1. The van der Waals surface area contributed by atoms with E-state index in [0.29, 0.717) is 27.1 Å². The number of nitriles is 1. The fraction of sp³-hybridized carbons (Fsp3) is 0.300. The molecule has 156 valence electrons. The molecule has 2 heterocycles. The van der Waals surface area contributed by atoms with Crippen molar-refractivity contribution in [2.45, 2.75) is 32.0 Å². The number of hydrogen-bond donors (Lipinski definition) is 2. The summed E-state index contributed by atoms with van der Waals surface area (Å²) in [6, 6.07) is 9.86. The van der Waals surface area contributed by atoms with Gasteiger partial charge in [0.25, 0.3) is 0 Å². The van der Waals surface area contributed by atoms with Crippen molar-refractivity contribution in [2.75, 3.05) is 6.61 Å². The van der Waals surface area contributed by atoms with Crippen molar-refractivity contribution in [3.05, 3.63) is 63.5 Å². The number of benzene rings is 1. The van der Waals surface area contributed by atoms with E-state index in [1.807, 2.05) is 0 Å². The molecular formula is C20H20Cl2N6O2. The lowest BCUT2D eigenvalue weighted by Crippen LogP contribution is -2.50. The van der Waals surface area contributed by atoms with Gasteiger partial charge in [0.15, 0.2) is 11.5 Å². The monoisotopic (exact) mass is 446 g/mol. The molecule has 8 nitrogen and oxygen atoms in total. The van der Waals surface area contributed by atoms with Crippen LogP contribution in [0.15, 0.2) is 36.5 Å². The molecule has 0 radical (unpaired) electrons. The Balaban J connectivity index is 1.85. The predicted octanol–water partition coefficient (Wildman–Crippen LogP) is 3.02. The van der Waals surface area contributed by atoms with Crippen LogP contribution >= 0.6 is 23.2 Å². The number of amides is 1. The van der Waals surface area contributed by atoms with Gasteiger partial charge in [0, 0.05) is 16.2 Å². The smallest absolute Gasteiger partial charge is 0.240 e. The molecule has 0 aliphatic heterocycles. The van der Waals surface area contributed by atoms with Crippen LogP contribution in [0.4, 0.5) is 0 Å². The first kappa shape index (κ1) is 22.0. The van der Waals surface area contributed by atoms with Gasteiger partial charge in [0.2, 0.25) is 5.91 Å². The number of nitrogens with one attached hydrogen (secondary N) is 1. The second-order valence-electron chi connectivity index (χ2n) is 7.36. The molecule has 1 aromatic carbocycles. The molecular weight excluding hydrogens is 427 g/mol. The lowest BCUT2D eigenvalue weighted by atomic mass is 10.1. The normalized spacial score (nSPS) is 12.5. The van der Waals surface area contributed by atoms with E-state index < -0.39 is 11.6 Å². The van der Waals surface area contributed by atoms with Gasteiger partial charge in [0.1, 0.15) is 12.1 Å². The highest BCUT2D eigenvalue weighted by Gasteiger charge is 2.28. The van der Waals surface area contributed by atoms with Gasteiger partial charge in [-0.25, -0.2) is 0 Å². The standard InChI is InChI=1S/C20H20Cl2N6O2/c1-20(2,24)19(29)25-16(11-30-10-13-5-14(21)7-15(22)6-13)18-27-26-17-4-3-12(8-23)9-28(17)18/h3-7,9,16H,10-11,24H2,1-2H3,(H,25,29)/t16-/m1/s1. The number of nitrogens with zero attached hydrogens (tertiary/aromatic N) is 4. The van der Waals surface area contributed by atoms with E-state index in [1.165, 1.54) is 0 Å². The van der Waals surface area contributed by atoms with Gasteiger partial charge in [0.05, 0.1) is 24.3 Å². The van der Waals surface area contributed by atoms with Gasteiger partial charge < -0.3 is 15.8 Å². The zero-order valence-corrected chi connectivity index (χ0v) is 17.9. The van der Waals surface area contributed by atoms with E-state index >= 15 is 0 Å². The average molecular weight is 447 g/mol. The first-order valence-corrected chi connectivity index (χ1v) is 9.80. The molecule has 30 heavy (non-hydrogen) atoms. The molecule has 0 saturated heterocycles. The van der Waals surface area contributed by atoms with Crippen LogP contribution < -0.4 is 11.1 Å². The summed E-state index contributed by atoms with van der Waals surface area (Å²) in [6.07, 6.45) is 1.61. The number of fused-ring (bicyclic) bond motifs is 1. The molecule has 2 aromatic heterocycles. The third-order valence-electron chi connectivity index (χ3n) is 4.24. The predicted molar refractivity (Wildman–Crippen MR) is 113 cm³/mol. The quantitative estimate of drug-likeness (QED) is 0.575. The van der Waals surface area contributed by atoms with Gasteiger partial charge >= 0.3 is 0 Å². The number of pyridine rings is 1. The zero-order valence-electron chi connectivity index (χ0n) is 16.4. The fourth-order valence-corrected chi connectivity index (χ4v) is 3.30. The number of aromatic nitrogens is 3. The van der Waals surface area contributed by atoms with Gasteiger partial charge in [-0.1, -0.05) is 23.2 Å². The lowest BCUT2D eigenvalue weighted by molar-refractivity contribution is -0.126. The van der Waals surface area contributed by atoms with Crippen LogP contribution in [0.3, 0.4) is 0 Å². The molecule has 10 heteroatoms. The maximum atomic E-state index is 12.5. The van der Waals surface area contributed by atoms with E-state index in [-0.39, 0.29) is 19.1 Å². The number of carbonyl (C=O) groups is 1. The zero-order chi connectivity index (χ0) is 21.9. The van der Waals surface area contributed by atoms with E-state index in [4.69, 9.17) is 33.7 Å². The molecule has 3 aromatic rings. The van der Waals surface area contributed by atoms with Crippen molar-refractivity contribution in [3.8, 4) is 6.07 Å².